The van der Waals surface area contributed by atoms with Gasteiger partial charge in [0.15, 0.2) is 11.3 Å². The van der Waals surface area contributed by atoms with Gasteiger partial charge in [0, 0.05) is 17.6 Å². The van der Waals surface area contributed by atoms with Crippen molar-refractivity contribution in [2.24, 2.45) is 0 Å². The van der Waals surface area contributed by atoms with Gasteiger partial charge in [0.1, 0.15) is 17.5 Å². The number of alkyl halides is 2. The fourth-order valence-corrected chi connectivity index (χ4v) is 4.39. The van der Waals surface area contributed by atoms with Crippen LogP contribution in [-0.4, -0.2) is 52.9 Å². The lowest BCUT2D eigenvalue weighted by atomic mass is 10.0. The average Bonchev–Trinajstić information content (AvgIpc) is 3.28. The summed E-state index contributed by atoms with van der Waals surface area (Å²) < 4.78 is 42.7. The summed E-state index contributed by atoms with van der Waals surface area (Å²) in [6.45, 7) is 11.0. The highest BCUT2D eigenvalue weighted by Gasteiger charge is 2.27. The summed E-state index contributed by atoms with van der Waals surface area (Å²) in [5.74, 6) is -0.581. The van der Waals surface area contributed by atoms with E-state index in [1.165, 1.54) is 16.6 Å². The Kier molecular flexibility index (Phi) is 6.79. The molecule has 3 heterocycles. The smallest absolute Gasteiger partial charge is 0.266 e. The van der Waals surface area contributed by atoms with E-state index in [9.17, 15) is 18.0 Å². The predicted molar refractivity (Wildman–Crippen MR) is 128 cm³/mol. The molecule has 1 atom stereocenters. The maximum Gasteiger partial charge on any atom is 0.266 e. The summed E-state index contributed by atoms with van der Waals surface area (Å²) in [6.07, 6.45) is -2.94. The van der Waals surface area contributed by atoms with Crippen LogP contribution in [0.3, 0.4) is 0 Å². The molecule has 1 aromatic carbocycles. The number of carbonyl (C=O) groups is 1. The zero-order valence-corrected chi connectivity index (χ0v) is 20.8. The summed E-state index contributed by atoms with van der Waals surface area (Å²) in [7, 11) is 0. The van der Waals surface area contributed by atoms with Crippen molar-refractivity contribution in [1.82, 2.24) is 34.9 Å². The molecule has 1 amide bonds. The number of fused-ring (bicyclic) bond motifs is 3. The topological polar surface area (TPSA) is 101 Å². The number of nitrogens with one attached hydrogen (secondary N) is 1. The number of tetrazole rings is 1. The van der Waals surface area contributed by atoms with E-state index in [4.69, 9.17) is 0 Å². The highest BCUT2D eigenvalue weighted by atomic mass is 19.3. The predicted octanol–water partition coefficient (Wildman–Crippen LogP) is 4.88. The first-order valence-electron chi connectivity index (χ1n) is 11.6. The molecule has 1 N–H and O–H groups in total. The van der Waals surface area contributed by atoms with Gasteiger partial charge in [-0.2, -0.15) is 4.52 Å². The second-order valence-electron chi connectivity index (χ2n) is 9.15. The molecule has 4 aromatic rings. The van der Waals surface area contributed by atoms with Crippen LogP contribution >= 0.6 is 0 Å². The van der Waals surface area contributed by atoms with Gasteiger partial charge in [-0.25, -0.2) is 23.1 Å². The van der Waals surface area contributed by atoms with Gasteiger partial charge < -0.3 is 10.2 Å². The lowest BCUT2D eigenvalue weighted by molar-refractivity contribution is 0.0645. The zero-order chi connectivity index (χ0) is 26.3. The third-order valence-corrected chi connectivity index (χ3v) is 5.93. The molecule has 0 radical (unpaired) electrons. The Morgan fingerprint density at radius 2 is 1.69 bits per heavy atom. The van der Waals surface area contributed by atoms with Crippen LogP contribution in [0.2, 0.25) is 0 Å². The van der Waals surface area contributed by atoms with Crippen molar-refractivity contribution in [2.75, 3.05) is 5.32 Å². The molecule has 0 bridgehead atoms. The SMILES string of the molecule is Cc1nc(N[C@H](C)c2cccc(C(F)F)c2F)c2cc(C(=O)N(C(C)C)C(C)C)c3nnnn3c2n1. The lowest BCUT2D eigenvalue weighted by Gasteiger charge is -2.31. The van der Waals surface area contributed by atoms with E-state index in [0.29, 0.717) is 22.7 Å². The van der Waals surface area contributed by atoms with Crippen molar-refractivity contribution in [3.8, 4) is 0 Å². The van der Waals surface area contributed by atoms with Crippen LogP contribution < -0.4 is 5.32 Å². The molecule has 3 aromatic heterocycles. The first-order chi connectivity index (χ1) is 17.0. The number of benzene rings is 1. The summed E-state index contributed by atoms with van der Waals surface area (Å²) in [5.41, 5.74) is 0.227. The Morgan fingerprint density at radius 3 is 2.33 bits per heavy atom. The fraction of sp³-hybridized carbons (Fsp3) is 0.417. The summed E-state index contributed by atoms with van der Waals surface area (Å²) >= 11 is 0. The van der Waals surface area contributed by atoms with Gasteiger partial charge in [-0.3, -0.25) is 4.79 Å². The van der Waals surface area contributed by atoms with Crippen molar-refractivity contribution in [3.63, 3.8) is 0 Å². The molecule has 0 saturated carbocycles. The van der Waals surface area contributed by atoms with E-state index in [-0.39, 0.29) is 34.8 Å². The quantitative estimate of drug-likeness (QED) is 0.386. The molecule has 0 aliphatic heterocycles. The molecule has 190 valence electrons. The second-order valence-corrected chi connectivity index (χ2v) is 9.15. The van der Waals surface area contributed by atoms with E-state index in [1.807, 2.05) is 27.7 Å². The number of pyridine rings is 1. The molecule has 0 fully saturated rings. The van der Waals surface area contributed by atoms with Crippen LogP contribution in [0.4, 0.5) is 19.0 Å². The Labute approximate surface area is 205 Å². The minimum atomic E-state index is -2.94. The van der Waals surface area contributed by atoms with Gasteiger partial charge in [0.2, 0.25) is 0 Å². The van der Waals surface area contributed by atoms with Crippen LogP contribution in [0, 0.1) is 12.7 Å². The Hall–Kier alpha value is -3.83. The number of nitrogens with zero attached hydrogens (tertiary/aromatic N) is 7. The van der Waals surface area contributed by atoms with Gasteiger partial charge in [-0.1, -0.05) is 18.2 Å². The molecule has 0 spiro atoms. The maximum absolute atomic E-state index is 14.8. The van der Waals surface area contributed by atoms with E-state index in [2.05, 4.69) is 30.8 Å². The van der Waals surface area contributed by atoms with E-state index >= 15 is 0 Å². The summed E-state index contributed by atoms with van der Waals surface area (Å²) in [5, 5.41) is 15.3. The van der Waals surface area contributed by atoms with Crippen LogP contribution in [0.25, 0.3) is 16.7 Å². The van der Waals surface area contributed by atoms with Crippen molar-refractivity contribution in [3.05, 3.63) is 52.6 Å². The molecule has 0 saturated heterocycles. The van der Waals surface area contributed by atoms with Crippen LogP contribution in [0.15, 0.2) is 24.3 Å². The lowest BCUT2D eigenvalue weighted by Crippen LogP contribution is -2.42. The first kappa shape index (κ1) is 25.3. The average molecular weight is 501 g/mol. The second kappa shape index (κ2) is 9.67. The fourth-order valence-electron chi connectivity index (χ4n) is 4.39. The highest BCUT2D eigenvalue weighted by molar-refractivity contribution is 6.04. The third kappa shape index (κ3) is 4.42. The number of aryl methyl sites for hydroxylation is 1. The first-order valence-corrected chi connectivity index (χ1v) is 11.6. The molecule has 0 aliphatic carbocycles. The normalized spacial score (nSPS) is 12.8. The minimum absolute atomic E-state index is 0.0582. The monoisotopic (exact) mass is 500 g/mol. The van der Waals surface area contributed by atoms with E-state index < -0.39 is 23.8 Å². The standard InChI is InChI=1S/C24H27F3N8O/c1-11(2)34(12(3)4)24(36)18-10-17-21(29-14(6)30-22(17)35-23(18)31-32-33-35)28-13(5)15-8-7-9-16(19(15)25)20(26)27/h7-13,20H,1-6H3,(H,28,29,30)/t13-/m1/s1. The van der Waals surface area contributed by atoms with E-state index in [1.54, 1.807) is 24.8 Å². The zero-order valence-electron chi connectivity index (χ0n) is 20.8. The van der Waals surface area contributed by atoms with Crippen molar-refractivity contribution < 1.29 is 18.0 Å². The molecule has 36 heavy (non-hydrogen) atoms. The number of carbonyl (C=O) groups excluding carboxylic acids is 1. The number of halogens is 3. The number of aromatic nitrogens is 6. The van der Waals surface area contributed by atoms with Crippen LogP contribution in [0.5, 0.6) is 0 Å². The molecule has 9 nitrogen and oxygen atoms in total. The van der Waals surface area contributed by atoms with E-state index in [0.717, 1.165) is 6.07 Å². The number of hydrogen-bond acceptors (Lipinski definition) is 7. The van der Waals surface area contributed by atoms with Gasteiger partial charge in [0.05, 0.1) is 22.6 Å². The van der Waals surface area contributed by atoms with Gasteiger partial charge in [-0.05, 0) is 58.0 Å². The Morgan fingerprint density at radius 1 is 1.03 bits per heavy atom. The summed E-state index contributed by atoms with van der Waals surface area (Å²) in [6, 6.07) is 4.60. The van der Waals surface area contributed by atoms with Gasteiger partial charge in [0.25, 0.3) is 12.3 Å². The number of hydrogen-bond donors (Lipinski definition) is 1. The molecular weight excluding hydrogens is 473 g/mol. The van der Waals surface area contributed by atoms with Crippen LogP contribution in [-0.2, 0) is 0 Å². The van der Waals surface area contributed by atoms with Gasteiger partial charge in [-0.15, -0.1) is 5.10 Å². The Balaban J connectivity index is 1.87. The summed E-state index contributed by atoms with van der Waals surface area (Å²) in [4.78, 5) is 24.2. The molecule has 0 aliphatic rings. The molecule has 0 unspecified atom stereocenters. The number of rotatable bonds is 7. The van der Waals surface area contributed by atoms with Crippen LogP contribution in [0.1, 0.15) is 74.4 Å². The van der Waals surface area contributed by atoms with Crippen molar-refractivity contribution >= 4 is 28.4 Å². The molecular formula is C24H27F3N8O. The number of anilines is 1. The highest BCUT2D eigenvalue weighted by Crippen LogP contribution is 2.31. The Bertz CT molecular complexity index is 1430. The maximum atomic E-state index is 14.8. The third-order valence-electron chi connectivity index (χ3n) is 5.93. The minimum Gasteiger partial charge on any atom is -0.363 e. The van der Waals surface area contributed by atoms with Crippen molar-refractivity contribution in [2.45, 2.75) is 66.1 Å². The largest absolute Gasteiger partial charge is 0.363 e. The number of amides is 1. The van der Waals surface area contributed by atoms with Crippen molar-refractivity contribution in [1.29, 1.82) is 0 Å². The van der Waals surface area contributed by atoms with Gasteiger partial charge >= 0.3 is 0 Å². The molecule has 4 rings (SSSR count). The molecule has 12 heteroatoms.